The number of nitrogens with zero attached hydrogens (tertiary/aromatic N) is 4. The van der Waals surface area contributed by atoms with Crippen LogP contribution in [0.2, 0.25) is 5.02 Å². The van der Waals surface area contributed by atoms with E-state index in [0.717, 1.165) is 18.9 Å². The van der Waals surface area contributed by atoms with E-state index < -0.39 is 0 Å². The molecule has 1 aliphatic heterocycles. The first-order valence-electron chi connectivity index (χ1n) is 6.71. The summed E-state index contributed by atoms with van der Waals surface area (Å²) in [5.41, 5.74) is 0.627. The molecule has 0 bridgehead atoms. The van der Waals surface area contributed by atoms with Gasteiger partial charge in [0.05, 0.1) is 10.7 Å². The standard InChI is InChI=1S/C14H15ClN4O2/c1-10-13(21-9-17-10)14(20)19-6-4-18(5-7-19)12-3-2-11(15)8-16-12/h2-3,8-9H,4-7H2,1H3. The molecule has 0 aromatic carbocycles. The Morgan fingerprint density at radius 2 is 2.00 bits per heavy atom. The lowest BCUT2D eigenvalue weighted by Gasteiger charge is -2.35. The Morgan fingerprint density at radius 3 is 2.57 bits per heavy atom. The van der Waals surface area contributed by atoms with Crippen molar-refractivity contribution in [1.82, 2.24) is 14.9 Å². The van der Waals surface area contributed by atoms with E-state index in [1.165, 1.54) is 6.39 Å². The van der Waals surface area contributed by atoms with Crippen molar-refractivity contribution >= 4 is 23.3 Å². The van der Waals surface area contributed by atoms with Crippen LogP contribution in [-0.4, -0.2) is 47.0 Å². The van der Waals surface area contributed by atoms with E-state index in [1.807, 2.05) is 12.1 Å². The van der Waals surface area contributed by atoms with E-state index in [4.69, 9.17) is 16.0 Å². The highest BCUT2D eigenvalue weighted by molar-refractivity contribution is 6.30. The monoisotopic (exact) mass is 306 g/mol. The molecule has 110 valence electrons. The minimum absolute atomic E-state index is 0.103. The molecule has 21 heavy (non-hydrogen) atoms. The van der Waals surface area contributed by atoms with Gasteiger partial charge in [0.15, 0.2) is 6.39 Å². The average molecular weight is 307 g/mol. The van der Waals surface area contributed by atoms with Crippen molar-refractivity contribution in [2.45, 2.75) is 6.92 Å². The maximum absolute atomic E-state index is 12.3. The maximum Gasteiger partial charge on any atom is 0.291 e. The van der Waals surface area contributed by atoms with Crippen molar-refractivity contribution in [2.24, 2.45) is 0 Å². The van der Waals surface area contributed by atoms with E-state index in [-0.39, 0.29) is 5.91 Å². The Hall–Kier alpha value is -2.08. The van der Waals surface area contributed by atoms with Crippen LogP contribution in [0.4, 0.5) is 5.82 Å². The fourth-order valence-corrected chi connectivity index (χ4v) is 2.46. The Labute approximate surface area is 127 Å². The number of halogens is 1. The highest BCUT2D eigenvalue weighted by atomic mass is 35.5. The van der Waals surface area contributed by atoms with Gasteiger partial charge in [-0.15, -0.1) is 0 Å². The van der Waals surface area contributed by atoms with Gasteiger partial charge in [-0.25, -0.2) is 9.97 Å². The zero-order chi connectivity index (χ0) is 14.8. The summed E-state index contributed by atoms with van der Waals surface area (Å²) in [5, 5.41) is 0.619. The summed E-state index contributed by atoms with van der Waals surface area (Å²) in [6.45, 7) is 4.48. The van der Waals surface area contributed by atoms with Crippen LogP contribution in [0.1, 0.15) is 16.2 Å². The van der Waals surface area contributed by atoms with Crippen molar-refractivity contribution in [3.63, 3.8) is 0 Å². The molecule has 2 aromatic heterocycles. The van der Waals surface area contributed by atoms with Gasteiger partial charge in [0.25, 0.3) is 5.91 Å². The van der Waals surface area contributed by atoms with Crippen LogP contribution in [0.25, 0.3) is 0 Å². The van der Waals surface area contributed by atoms with Gasteiger partial charge in [-0.1, -0.05) is 11.6 Å². The van der Waals surface area contributed by atoms with Crippen LogP contribution in [0, 0.1) is 6.92 Å². The summed E-state index contributed by atoms with van der Waals surface area (Å²) in [7, 11) is 0. The molecule has 1 saturated heterocycles. The molecule has 0 atom stereocenters. The molecule has 3 rings (SSSR count). The fourth-order valence-electron chi connectivity index (χ4n) is 2.34. The van der Waals surface area contributed by atoms with E-state index in [1.54, 1.807) is 18.0 Å². The molecule has 0 aliphatic carbocycles. The molecule has 0 radical (unpaired) electrons. The maximum atomic E-state index is 12.3. The molecule has 2 aromatic rings. The van der Waals surface area contributed by atoms with E-state index in [0.29, 0.717) is 29.6 Å². The molecule has 0 saturated carbocycles. The third-order valence-electron chi connectivity index (χ3n) is 3.54. The van der Waals surface area contributed by atoms with Gasteiger partial charge in [-0.2, -0.15) is 0 Å². The summed E-state index contributed by atoms with van der Waals surface area (Å²) in [6, 6.07) is 3.71. The Kier molecular flexibility index (Phi) is 3.79. The third-order valence-corrected chi connectivity index (χ3v) is 3.77. The van der Waals surface area contributed by atoms with Gasteiger partial charge < -0.3 is 14.2 Å². The Bertz CT molecular complexity index is 633. The van der Waals surface area contributed by atoms with Gasteiger partial charge >= 0.3 is 0 Å². The number of aryl methyl sites for hydroxylation is 1. The molecule has 0 unspecified atom stereocenters. The predicted molar refractivity (Wildman–Crippen MR) is 78.6 cm³/mol. The minimum Gasteiger partial charge on any atom is -0.438 e. The van der Waals surface area contributed by atoms with Gasteiger partial charge in [0.2, 0.25) is 5.76 Å². The van der Waals surface area contributed by atoms with Crippen LogP contribution >= 0.6 is 11.6 Å². The molecule has 3 heterocycles. The van der Waals surface area contributed by atoms with Crippen molar-refractivity contribution in [3.8, 4) is 0 Å². The number of carbonyl (C=O) groups excluding carboxylic acids is 1. The number of aromatic nitrogens is 2. The molecular formula is C14H15ClN4O2. The topological polar surface area (TPSA) is 62.5 Å². The van der Waals surface area contributed by atoms with Gasteiger partial charge in [-0.05, 0) is 19.1 Å². The second-order valence-corrected chi connectivity index (χ2v) is 5.32. The smallest absolute Gasteiger partial charge is 0.291 e. The van der Waals surface area contributed by atoms with E-state index in [2.05, 4.69) is 14.9 Å². The first kappa shape index (κ1) is 13.9. The Morgan fingerprint density at radius 1 is 1.24 bits per heavy atom. The number of rotatable bonds is 2. The number of piperazine rings is 1. The van der Waals surface area contributed by atoms with Crippen LogP contribution in [0.15, 0.2) is 29.1 Å². The van der Waals surface area contributed by atoms with Crippen LogP contribution in [0.3, 0.4) is 0 Å². The average Bonchev–Trinajstić information content (AvgIpc) is 2.94. The molecule has 7 heteroatoms. The first-order chi connectivity index (χ1) is 10.1. The highest BCUT2D eigenvalue weighted by Gasteiger charge is 2.26. The summed E-state index contributed by atoms with van der Waals surface area (Å²) in [5.74, 6) is 1.10. The SMILES string of the molecule is Cc1ncoc1C(=O)N1CCN(c2ccc(Cl)cn2)CC1. The highest BCUT2D eigenvalue weighted by Crippen LogP contribution is 2.17. The number of anilines is 1. The number of hydrogen-bond acceptors (Lipinski definition) is 5. The minimum atomic E-state index is -0.103. The zero-order valence-electron chi connectivity index (χ0n) is 11.6. The van der Waals surface area contributed by atoms with E-state index >= 15 is 0 Å². The number of carbonyl (C=O) groups is 1. The fraction of sp³-hybridized carbons (Fsp3) is 0.357. The van der Waals surface area contributed by atoms with Crippen LogP contribution < -0.4 is 4.90 Å². The summed E-state index contributed by atoms with van der Waals surface area (Å²) < 4.78 is 5.16. The van der Waals surface area contributed by atoms with Crippen molar-refractivity contribution < 1.29 is 9.21 Å². The quantitative estimate of drug-likeness (QED) is 0.849. The third kappa shape index (κ3) is 2.85. The van der Waals surface area contributed by atoms with Crippen molar-refractivity contribution in [2.75, 3.05) is 31.1 Å². The number of hydrogen-bond donors (Lipinski definition) is 0. The molecule has 1 amide bonds. The van der Waals surface area contributed by atoms with Gasteiger partial charge in [-0.3, -0.25) is 4.79 Å². The Balaban J connectivity index is 1.64. The summed E-state index contributed by atoms with van der Waals surface area (Å²) >= 11 is 5.84. The lowest BCUT2D eigenvalue weighted by Crippen LogP contribution is -2.49. The lowest BCUT2D eigenvalue weighted by molar-refractivity contribution is 0.0713. The van der Waals surface area contributed by atoms with Crippen molar-refractivity contribution in [1.29, 1.82) is 0 Å². The number of oxazole rings is 1. The van der Waals surface area contributed by atoms with Gasteiger partial charge in [0.1, 0.15) is 5.82 Å². The van der Waals surface area contributed by atoms with Crippen LogP contribution in [-0.2, 0) is 0 Å². The predicted octanol–water partition coefficient (Wildman–Crippen LogP) is 1.99. The molecule has 1 fully saturated rings. The largest absolute Gasteiger partial charge is 0.438 e. The number of amides is 1. The summed E-state index contributed by atoms with van der Waals surface area (Å²) in [4.78, 5) is 24.5. The summed E-state index contributed by atoms with van der Waals surface area (Å²) in [6.07, 6.45) is 2.93. The lowest BCUT2D eigenvalue weighted by atomic mass is 10.2. The molecule has 1 aliphatic rings. The van der Waals surface area contributed by atoms with Crippen molar-refractivity contribution in [3.05, 3.63) is 41.2 Å². The molecule has 0 spiro atoms. The number of pyridine rings is 1. The van der Waals surface area contributed by atoms with Crippen LogP contribution in [0.5, 0.6) is 0 Å². The second-order valence-electron chi connectivity index (χ2n) is 4.88. The molecule has 6 nitrogen and oxygen atoms in total. The normalized spacial score (nSPS) is 15.3. The molecule has 0 N–H and O–H groups in total. The molecular weight excluding hydrogens is 292 g/mol. The van der Waals surface area contributed by atoms with Gasteiger partial charge in [0, 0.05) is 32.4 Å². The second kappa shape index (κ2) is 5.73. The van der Waals surface area contributed by atoms with E-state index in [9.17, 15) is 4.79 Å². The first-order valence-corrected chi connectivity index (χ1v) is 7.09. The zero-order valence-corrected chi connectivity index (χ0v) is 12.4.